The Balaban J connectivity index is 2.38. The quantitative estimate of drug-likeness (QED) is 0.553. The van der Waals surface area contributed by atoms with Crippen LogP contribution in [0.15, 0.2) is 24.3 Å². The van der Waals surface area contributed by atoms with Crippen molar-refractivity contribution in [2.75, 3.05) is 38.5 Å². The molecule has 0 aliphatic carbocycles. The highest BCUT2D eigenvalue weighted by Gasteiger charge is 2.05. The number of hydrogen-bond donors (Lipinski definition) is 1. The van der Waals surface area contributed by atoms with Gasteiger partial charge in [0.25, 0.3) is 0 Å². The summed E-state index contributed by atoms with van der Waals surface area (Å²) < 4.78 is 5.12. The van der Waals surface area contributed by atoms with Gasteiger partial charge in [0.05, 0.1) is 32.1 Å². The molecule has 17 heavy (non-hydrogen) atoms. The van der Waals surface area contributed by atoms with Gasteiger partial charge in [0.15, 0.2) is 0 Å². The van der Waals surface area contributed by atoms with E-state index in [-0.39, 0.29) is 6.61 Å². The van der Waals surface area contributed by atoms with Crippen LogP contribution < -0.4 is 5.06 Å². The van der Waals surface area contributed by atoms with Crippen LogP contribution in [0.5, 0.6) is 0 Å². The second-order valence-corrected chi connectivity index (χ2v) is 3.65. The predicted octanol–water partition coefficient (Wildman–Crippen LogP) is 1.63. The Morgan fingerprint density at radius 3 is 2.65 bits per heavy atom. The van der Waals surface area contributed by atoms with Crippen molar-refractivity contribution in [2.24, 2.45) is 0 Å². The van der Waals surface area contributed by atoms with E-state index in [0.29, 0.717) is 19.8 Å². The molecule has 0 bridgehead atoms. The molecule has 0 fully saturated rings. The fourth-order valence-corrected chi connectivity index (χ4v) is 1.59. The molecule has 4 nitrogen and oxygen atoms in total. The molecule has 1 rings (SSSR count). The van der Waals surface area contributed by atoms with Gasteiger partial charge in [0.1, 0.15) is 0 Å². The number of anilines is 1. The third-order valence-electron chi connectivity index (χ3n) is 2.46. The van der Waals surface area contributed by atoms with Crippen molar-refractivity contribution < 1.29 is 14.7 Å². The number of hydroxylamine groups is 1. The number of ether oxygens (including phenoxy) is 1. The molecule has 0 aliphatic rings. The van der Waals surface area contributed by atoms with E-state index in [9.17, 15) is 0 Å². The Labute approximate surface area is 103 Å². The first-order valence-electron chi connectivity index (χ1n) is 5.92. The molecule has 0 radical (unpaired) electrons. The number of hydrogen-bond acceptors (Lipinski definition) is 4. The van der Waals surface area contributed by atoms with Crippen molar-refractivity contribution in [3.05, 3.63) is 29.8 Å². The molecule has 0 saturated heterocycles. The highest BCUT2D eigenvalue weighted by molar-refractivity contribution is 5.51. The number of nitrogens with zero attached hydrogens (tertiary/aromatic N) is 1. The summed E-state index contributed by atoms with van der Waals surface area (Å²) in [6, 6.07) is 8.15. The van der Waals surface area contributed by atoms with Crippen LogP contribution in [0.25, 0.3) is 0 Å². The normalized spacial score (nSPS) is 10.5. The summed E-state index contributed by atoms with van der Waals surface area (Å²) in [4.78, 5) is 5.54. The number of para-hydroxylation sites is 1. The second-order valence-electron chi connectivity index (χ2n) is 3.65. The molecule has 0 atom stereocenters. The first-order valence-corrected chi connectivity index (χ1v) is 5.92. The minimum absolute atomic E-state index is 0.0501. The molecule has 96 valence electrons. The standard InChI is InChI=1S/C13H21NO3/c1-3-12-6-4-5-7-13(12)14(2)17-11-10-16-9-8-15/h4-7,15H,3,8-11H2,1-2H3. The van der Waals surface area contributed by atoms with Gasteiger partial charge in [-0.15, -0.1) is 0 Å². The maximum absolute atomic E-state index is 8.54. The maximum Gasteiger partial charge on any atom is 0.0982 e. The summed E-state index contributed by atoms with van der Waals surface area (Å²) in [5, 5.41) is 10.3. The van der Waals surface area contributed by atoms with Crippen LogP contribution in [0, 0.1) is 0 Å². The number of aliphatic hydroxyl groups is 1. The summed E-state index contributed by atoms with van der Waals surface area (Å²) in [5.41, 5.74) is 2.34. The van der Waals surface area contributed by atoms with Crippen molar-refractivity contribution in [3.63, 3.8) is 0 Å². The molecular weight excluding hydrogens is 218 g/mol. The molecule has 0 spiro atoms. The Hall–Kier alpha value is -1.10. The average Bonchev–Trinajstić information content (AvgIpc) is 2.38. The predicted molar refractivity (Wildman–Crippen MR) is 68.1 cm³/mol. The van der Waals surface area contributed by atoms with Gasteiger partial charge in [-0.3, -0.25) is 9.90 Å². The van der Waals surface area contributed by atoms with E-state index < -0.39 is 0 Å². The van der Waals surface area contributed by atoms with Gasteiger partial charge in [0, 0.05) is 7.05 Å². The molecule has 0 amide bonds. The van der Waals surface area contributed by atoms with Gasteiger partial charge >= 0.3 is 0 Å². The minimum Gasteiger partial charge on any atom is -0.394 e. The number of benzene rings is 1. The lowest BCUT2D eigenvalue weighted by Gasteiger charge is -2.21. The van der Waals surface area contributed by atoms with Crippen molar-refractivity contribution in [2.45, 2.75) is 13.3 Å². The van der Waals surface area contributed by atoms with Crippen LogP contribution in [-0.4, -0.2) is 38.6 Å². The molecular formula is C13H21NO3. The summed E-state index contributed by atoms with van der Waals surface area (Å²) in [6.45, 7) is 3.50. The molecule has 4 heteroatoms. The fraction of sp³-hybridized carbons (Fsp3) is 0.538. The molecule has 1 aromatic carbocycles. The lowest BCUT2D eigenvalue weighted by Crippen LogP contribution is -2.22. The van der Waals surface area contributed by atoms with Gasteiger partial charge < -0.3 is 9.84 Å². The number of rotatable bonds is 8. The number of aliphatic hydroxyl groups excluding tert-OH is 1. The van der Waals surface area contributed by atoms with E-state index in [1.54, 1.807) is 5.06 Å². The Kier molecular flexibility index (Phi) is 6.62. The van der Waals surface area contributed by atoms with Crippen LogP contribution >= 0.6 is 0 Å². The van der Waals surface area contributed by atoms with Crippen LogP contribution in [0.3, 0.4) is 0 Å². The molecule has 1 aromatic rings. The van der Waals surface area contributed by atoms with E-state index in [2.05, 4.69) is 13.0 Å². The van der Waals surface area contributed by atoms with Gasteiger partial charge in [-0.2, -0.15) is 0 Å². The molecule has 0 saturated carbocycles. The van der Waals surface area contributed by atoms with E-state index in [4.69, 9.17) is 14.7 Å². The van der Waals surface area contributed by atoms with Gasteiger partial charge in [-0.1, -0.05) is 25.1 Å². The summed E-state index contributed by atoms with van der Waals surface area (Å²) >= 11 is 0. The van der Waals surface area contributed by atoms with E-state index in [1.165, 1.54) is 5.56 Å². The first kappa shape index (κ1) is 14.0. The summed E-state index contributed by atoms with van der Waals surface area (Å²) in [5.74, 6) is 0. The Bertz CT molecular complexity index is 317. The van der Waals surface area contributed by atoms with Crippen LogP contribution in [0.1, 0.15) is 12.5 Å². The van der Waals surface area contributed by atoms with Gasteiger partial charge in [-0.25, -0.2) is 0 Å². The fourth-order valence-electron chi connectivity index (χ4n) is 1.59. The summed E-state index contributed by atoms with van der Waals surface area (Å²) in [6.07, 6.45) is 0.977. The Morgan fingerprint density at radius 2 is 1.94 bits per heavy atom. The zero-order chi connectivity index (χ0) is 12.5. The van der Waals surface area contributed by atoms with E-state index in [1.807, 2.05) is 25.2 Å². The third kappa shape index (κ3) is 4.73. The topological polar surface area (TPSA) is 41.9 Å². The SMILES string of the molecule is CCc1ccccc1N(C)OCCOCCO. The smallest absolute Gasteiger partial charge is 0.0982 e. The second kappa shape index (κ2) is 8.06. The number of aryl methyl sites for hydroxylation is 1. The molecule has 0 heterocycles. The van der Waals surface area contributed by atoms with Crippen molar-refractivity contribution in [3.8, 4) is 0 Å². The largest absolute Gasteiger partial charge is 0.394 e. The van der Waals surface area contributed by atoms with Crippen LogP contribution in [-0.2, 0) is 16.0 Å². The van der Waals surface area contributed by atoms with Crippen molar-refractivity contribution >= 4 is 5.69 Å². The van der Waals surface area contributed by atoms with Crippen LogP contribution in [0.4, 0.5) is 5.69 Å². The highest BCUT2D eigenvalue weighted by atomic mass is 16.7. The van der Waals surface area contributed by atoms with Gasteiger partial charge in [0.2, 0.25) is 0 Å². The van der Waals surface area contributed by atoms with Crippen molar-refractivity contribution in [1.82, 2.24) is 0 Å². The zero-order valence-corrected chi connectivity index (χ0v) is 10.6. The van der Waals surface area contributed by atoms with Crippen LogP contribution in [0.2, 0.25) is 0 Å². The van der Waals surface area contributed by atoms with E-state index >= 15 is 0 Å². The lowest BCUT2D eigenvalue weighted by atomic mass is 10.1. The Morgan fingerprint density at radius 1 is 1.18 bits per heavy atom. The molecule has 0 aromatic heterocycles. The molecule has 0 aliphatic heterocycles. The lowest BCUT2D eigenvalue weighted by molar-refractivity contribution is 0.0282. The minimum atomic E-state index is 0.0501. The monoisotopic (exact) mass is 239 g/mol. The molecule has 1 N–H and O–H groups in total. The molecule has 0 unspecified atom stereocenters. The van der Waals surface area contributed by atoms with Gasteiger partial charge in [-0.05, 0) is 18.1 Å². The zero-order valence-electron chi connectivity index (χ0n) is 10.6. The van der Waals surface area contributed by atoms with Crippen molar-refractivity contribution in [1.29, 1.82) is 0 Å². The maximum atomic E-state index is 8.54. The summed E-state index contributed by atoms with van der Waals surface area (Å²) in [7, 11) is 1.89. The van der Waals surface area contributed by atoms with E-state index in [0.717, 1.165) is 12.1 Å². The highest BCUT2D eigenvalue weighted by Crippen LogP contribution is 2.19. The average molecular weight is 239 g/mol. The third-order valence-corrected chi connectivity index (χ3v) is 2.46. The first-order chi connectivity index (χ1) is 8.29.